The summed E-state index contributed by atoms with van der Waals surface area (Å²) >= 11 is 0. The van der Waals surface area contributed by atoms with Gasteiger partial charge >= 0.3 is 5.69 Å². The van der Waals surface area contributed by atoms with E-state index in [0.29, 0.717) is 0 Å². The number of amides is 3. The number of fused-ring (bicyclic) bond motifs is 5. The molecule has 10 nitrogen and oxygen atoms in total. The quantitative estimate of drug-likeness (QED) is 0.484. The number of nitrogens with zero attached hydrogens (tertiary/aromatic N) is 3. The smallest absolute Gasteiger partial charge is 0.330 e. The summed E-state index contributed by atoms with van der Waals surface area (Å²) in [4.78, 5) is 67.9. The Morgan fingerprint density at radius 1 is 1.06 bits per heavy atom. The minimum Gasteiger partial charge on any atom is -0.383 e. The minimum atomic E-state index is -0.823. The highest BCUT2D eigenvalue weighted by molar-refractivity contribution is 6.10. The van der Waals surface area contributed by atoms with Gasteiger partial charge in [-0.2, -0.15) is 0 Å². The number of hydrogen-bond donors (Lipinski definition) is 2. The molecular weight excluding hydrogens is 426 g/mol. The molecule has 3 amide bonds. The molecule has 4 unspecified atom stereocenters. The number of hydrogen-bond acceptors (Lipinski definition) is 6. The molecule has 0 radical (unpaired) electrons. The van der Waals surface area contributed by atoms with Crippen LogP contribution in [0.5, 0.6) is 0 Å². The van der Waals surface area contributed by atoms with Crippen molar-refractivity contribution < 1.29 is 14.4 Å². The average molecular weight is 449 g/mol. The summed E-state index contributed by atoms with van der Waals surface area (Å²) in [6.45, 7) is -0.392. The minimum absolute atomic E-state index is 0.0364. The highest BCUT2D eigenvalue weighted by Crippen LogP contribution is 2.52. The van der Waals surface area contributed by atoms with Gasteiger partial charge in [0.25, 0.3) is 5.56 Å². The molecule has 3 N–H and O–H groups in total. The predicted molar refractivity (Wildman–Crippen MR) is 119 cm³/mol. The molecule has 1 saturated carbocycles. The maximum absolute atomic E-state index is 13.0. The Morgan fingerprint density at radius 2 is 1.67 bits per heavy atom. The summed E-state index contributed by atoms with van der Waals surface area (Å²) in [7, 11) is 1.33. The Hall–Kier alpha value is -3.95. The Bertz CT molecular complexity index is 1280. The third-order valence-electron chi connectivity index (χ3n) is 6.96. The van der Waals surface area contributed by atoms with Gasteiger partial charge in [-0.15, -0.1) is 0 Å². The van der Waals surface area contributed by atoms with Gasteiger partial charge in [0.2, 0.25) is 17.7 Å². The van der Waals surface area contributed by atoms with E-state index in [2.05, 4.69) is 4.98 Å². The normalized spacial score (nSPS) is 25.1. The predicted octanol–water partition coefficient (Wildman–Crippen LogP) is -0.0630. The van der Waals surface area contributed by atoms with Crippen LogP contribution in [-0.2, 0) is 20.9 Å². The van der Waals surface area contributed by atoms with E-state index in [9.17, 15) is 24.0 Å². The van der Waals surface area contributed by atoms with Gasteiger partial charge in [-0.05, 0) is 23.8 Å². The number of carbonyl (C=O) groups is 3. The van der Waals surface area contributed by atoms with E-state index >= 15 is 0 Å². The van der Waals surface area contributed by atoms with Crippen LogP contribution < -0.4 is 21.9 Å². The molecule has 1 aromatic heterocycles. The molecule has 3 aliphatic rings. The third-order valence-corrected chi connectivity index (χ3v) is 6.96. The number of allylic oxidation sites excluding steroid dienone is 2. The lowest BCUT2D eigenvalue weighted by atomic mass is 9.85. The zero-order valence-electron chi connectivity index (χ0n) is 17.9. The summed E-state index contributed by atoms with van der Waals surface area (Å²) in [5.74, 6) is -2.28. The van der Waals surface area contributed by atoms with E-state index in [1.54, 1.807) is 24.3 Å². The standard InChI is InChI=1S/C23H23N5O5/c1-26(15(29)11-28-21(31)16-13-7-8-14(9-13)17(16)22(28)32)18-19(24)27(23(33)25-20(18)30)10-12-5-3-2-4-6-12/h2-8,13-14,16-17H,9-11,24H2,1H3,(H,25,30,33). The van der Waals surface area contributed by atoms with Crippen LogP contribution >= 0.6 is 0 Å². The molecule has 2 aromatic rings. The van der Waals surface area contributed by atoms with Gasteiger partial charge in [0, 0.05) is 7.05 Å². The molecule has 2 fully saturated rings. The number of nitrogens with one attached hydrogen (secondary N) is 1. The maximum Gasteiger partial charge on any atom is 0.330 e. The van der Waals surface area contributed by atoms with Crippen LogP contribution in [0.25, 0.3) is 0 Å². The van der Waals surface area contributed by atoms with E-state index < -0.39 is 35.5 Å². The van der Waals surface area contributed by atoms with E-state index in [0.717, 1.165) is 26.4 Å². The van der Waals surface area contributed by atoms with Crippen molar-refractivity contribution in [2.24, 2.45) is 23.7 Å². The van der Waals surface area contributed by atoms with Gasteiger partial charge < -0.3 is 10.6 Å². The van der Waals surface area contributed by atoms with Crippen molar-refractivity contribution in [3.05, 3.63) is 68.9 Å². The van der Waals surface area contributed by atoms with E-state index in [1.807, 2.05) is 18.2 Å². The summed E-state index contributed by atoms with van der Waals surface area (Å²) in [6, 6.07) is 9.04. The molecule has 4 atom stereocenters. The second kappa shape index (κ2) is 7.58. The van der Waals surface area contributed by atoms with Gasteiger partial charge in [0.15, 0.2) is 5.69 Å². The summed E-state index contributed by atoms with van der Waals surface area (Å²) < 4.78 is 1.16. The van der Waals surface area contributed by atoms with Gasteiger partial charge in [0.1, 0.15) is 12.4 Å². The van der Waals surface area contributed by atoms with Crippen LogP contribution in [-0.4, -0.2) is 45.8 Å². The van der Waals surface area contributed by atoms with E-state index in [1.165, 1.54) is 7.05 Å². The third kappa shape index (κ3) is 3.21. The Labute approximate surface area is 188 Å². The second-order valence-electron chi connectivity index (χ2n) is 8.78. The lowest BCUT2D eigenvalue weighted by Gasteiger charge is -2.23. The van der Waals surface area contributed by atoms with Gasteiger partial charge in [-0.3, -0.25) is 33.6 Å². The van der Waals surface area contributed by atoms with E-state index in [4.69, 9.17) is 5.73 Å². The SMILES string of the molecule is CN(C(=O)CN1C(=O)C2C3C=CC(C3)C2C1=O)c1c(N)n(Cc2ccccc2)c(=O)[nH]c1=O. The molecule has 1 aromatic carbocycles. The lowest BCUT2D eigenvalue weighted by Crippen LogP contribution is -2.45. The van der Waals surface area contributed by atoms with Crippen LogP contribution in [0.3, 0.4) is 0 Å². The first kappa shape index (κ1) is 20.9. The van der Waals surface area contributed by atoms with Crippen molar-refractivity contribution in [1.29, 1.82) is 0 Å². The van der Waals surface area contributed by atoms with Crippen LogP contribution in [0.2, 0.25) is 0 Å². The number of carbonyl (C=O) groups excluding carboxylic acids is 3. The molecule has 1 saturated heterocycles. The monoisotopic (exact) mass is 449 g/mol. The highest BCUT2D eigenvalue weighted by Gasteiger charge is 2.59. The second-order valence-corrected chi connectivity index (χ2v) is 8.78. The van der Waals surface area contributed by atoms with Crippen molar-refractivity contribution in [1.82, 2.24) is 14.5 Å². The van der Waals surface area contributed by atoms with Gasteiger partial charge in [-0.25, -0.2) is 4.79 Å². The zero-order chi connectivity index (χ0) is 23.4. The van der Waals surface area contributed by atoms with Crippen molar-refractivity contribution in [2.75, 3.05) is 24.2 Å². The number of imide groups is 1. The molecule has 0 spiro atoms. The molecule has 33 heavy (non-hydrogen) atoms. The number of likely N-dealkylation sites (tertiary alicyclic amines) is 1. The van der Waals surface area contributed by atoms with Crippen LogP contribution in [0.4, 0.5) is 11.5 Å². The first-order valence-corrected chi connectivity index (χ1v) is 10.7. The van der Waals surface area contributed by atoms with E-state index in [-0.39, 0.29) is 41.7 Å². The number of likely N-dealkylation sites (N-methyl/N-ethyl adjacent to an activating group) is 1. The molecule has 5 rings (SSSR count). The Kier molecular flexibility index (Phi) is 4.80. The highest BCUT2D eigenvalue weighted by atomic mass is 16.2. The maximum atomic E-state index is 13.0. The number of nitrogen functional groups attached to an aromatic ring is 1. The molecule has 1 aliphatic heterocycles. The number of aromatic amines is 1. The number of aromatic nitrogens is 2. The molecule has 10 heteroatoms. The summed E-state index contributed by atoms with van der Waals surface area (Å²) in [5, 5.41) is 0. The van der Waals surface area contributed by atoms with Crippen molar-refractivity contribution in [3.63, 3.8) is 0 Å². The van der Waals surface area contributed by atoms with Crippen LogP contribution in [0.15, 0.2) is 52.1 Å². The number of H-pyrrole nitrogens is 1. The molecule has 2 bridgehead atoms. The van der Waals surface area contributed by atoms with Gasteiger partial charge in [-0.1, -0.05) is 42.5 Å². The molecular formula is C23H23N5O5. The van der Waals surface area contributed by atoms with Crippen molar-refractivity contribution in [3.8, 4) is 0 Å². The zero-order valence-corrected chi connectivity index (χ0v) is 17.9. The number of benzene rings is 1. The van der Waals surface area contributed by atoms with Crippen molar-refractivity contribution >= 4 is 29.2 Å². The Balaban J connectivity index is 1.40. The van der Waals surface area contributed by atoms with Crippen molar-refractivity contribution in [2.45, 2.75) is 13.0 Å². The lowest BCUT2D eigenvalue weighted by molar-refractivity contribution is -0.143. The topological polar surface area (TPSA) is 139 Å². The fourth-order valence-corrected chi connectivity index (χ4v) is 5.31. The fourth-order valence-electron chi connectivity index (χ4n) is 5.31. The first-order chi connectivity index (χ1) is 15.8. The number of rotatable bonds is 5. The van der Waals surface area contributed by atoms with Gasteiger partial charge in [0.05, 0.1) is 18.4 Å². The summed E-state index contributed by atoms with van der Waals surface area (Å²) in [6.07, 6.45) is 4.75. The molecule has 2 heterocycles. The number of anilines is 2. The Morgan fingerprint density at radius 3 is 2.27 bits per heavy atom. The van der Waals surface area contributed by atoms with Crippen LogP contribution in [0.1, 0.15) is 12.0 Å². The largest absolute Gasteiger partial charge is 0.383 e. The average Bonchev–Trinajstić information content (AvgIpc) is 3.47. The molecule has 170 valence electrons. The molecule has 2 aliphatic carbocycles. The van der Waals surface area contributed by atoms with Crippen LogP contribution in [0, 0.1) is 23.7 Å². The first-order valence-electron chi connectivity index (χ1n) is 10.7. The fraction of sp³-hybridized carbons (Fsp3) is 0.348. The summed E-state index contributed by atoms with van der Waals surface area (Å²) in [5.41, 5.74) is 5.19. The number of nitrogens with two attached hydrogens (primary N) is 1.